The highest BCUT2D eigenvalue weighted by Crippen LogP contribution is 2.35. The Morgan fingerprint density at radius 1 is 1.17 bits per heavy atom. The number of hydrogen-bond donors (Lipinski definition) is 2. The minimum atomic E-state index is -0.252. The number of anilines is 1. The smallest absolute Gasteiger partial charge is 0.261 e. The summed E-state index contributed by atoms with van der Waals surface area (Å²) in [4.78, 5) is 23.2. The number of aryl methyl sites for hydroxylation is 2. The Morgan fingerprint density at radius 2 is 1.96 bits per heavy atom. The molecule has 0 atom stereocenters. The van der Waals surface area contributed by atoms with Gasteiger partial charge in [-0.2, -0.15) is 4.98 Å². The molecule has 6 nitrogen and oxygen atoms in total. The molecule has 7 heteroatoms. The number of nitrogens with two attached hydrogens (primary N) is 1. The Hall–Kier alpha value is -2.60. The van der Waals surface area contributed by atoms with Crippen molar-refractivity contribution in [3.05, 3.63) is 45.7 Å². The molecule has 0 saturated heterocycles. The lowest BCUT2D eigenvalue weighted by molar-refractivity contribution is 0.414. The summed E-state index contributed by atoms with van der Waals surface area (Å²) in [6.45, 7) is 0. The van der Waals surface area contributed by atoms with Crippen LogP contribution >= 0.6 is 12.4 Å². The van der Waals surface area contributed by atoms with E-state index in [1.54, 1.807) is 7.11 Å². The van der Waals surface area contributed by atoms with Crippen LogP contribution in [0.1, 0.15) is 11.1 Å². The standard InChI is InChI=1S/C16H14N4O2.ClH/c1-22-10-4-5-11-8(6-10)2-3-9-7-12-14(18-13(9)11)19-16(17)20-15(12)21;/h4-7H,2-3H2,1H3,(H3,17,18,19,20,21);1H. The zero-order chi connectivity index (χ0) is 15.3. The number of benzene rings is 1. The first-order valence-electron chi connectivity index (χ1n) is 7.02. The SMILES string of the molecule is COc1ccc2c(c1)CCc1cc3c(=O)[nH]c(N)nc3nc1-2.Cl. The lowest BCUT2D eigenvalue weighted by Gasteiger charge is -2.19. The number of aromatic amines is 1. The fourth-order valence-corrected chi connectivity index (χ4v) is 2.95. The lowest BCUT2D eigenvalue weighted by atomic mass is 9.88. The van der Waals surface area contributed by atoms with Gasteiger partial charge in [0.15, 0.2) is 5.65 Å². The summed E-state index contributed by atoms with van der Waals surface area (Å²) in [6.07, 6.45) is 1.73. The van der Waals surface area contributed by atoms with Gasteiger partial charge in [-0.3, -0.25) is 9.78 Å². The summed E-state index contributed by atoms with van der Waals surface area (Å²) in [5, 5.41) is 0.477. The Kier molecular flexibility index (Phi) is 3.69. The van der Waals surface area contributed by atoms with Gasteiger partial charge in [-0.05, 0) is 48.2 Å². The van der Waals surface area contributed by atoms with Crippen molar-refractivity contribution in [2.24, 2.45) is 0 Å². The van der Waals surface area contributed by atoms with Gasteiger partial charge in [0.05, 0.1) is 18.2 Å². The normalized spacial score (nSPS) is 12.2. The number of nitrogen functional groups attached to an aromatic ring is 1. The number of H-pyrrole nitrogens is 1. The minimum absolute atomic E-state index is 0. The van der Waals surface area contributed by atoms with Crippen LogP contribution in [0.3, 0.4) is 0 Å². The first-order chi connectivity index (χ1) is 10.7. The molecule has 0 spiro atoms. The number of aromatic nitrogens is 3. The van der Waals surface area contributed by atoms with E-state index in [2.05, 4.69) is 15.0 Å². The van der Waals surface area contributed by atoms with Gasteiger partial charge >= 0.3 is 0 Å². The number of pyridine rings is 1. The molecule has 1 aromatic carbocycles. The molecule has 0 aliphatic heterocycles. The van der Waals surface area contributed by atoms with Crippen molar-refractivity contribution in [1.82, 2.24) is 15.0 Å². The van der Waals surface area contributed by atoms with E-state index in [4.69, 9.17) is 10.5 Å². The van der Waals surface area contributed by atoms with Crippen molar-refractivity contribution in [1.29, 1.82) is 0 Å². The molecule has 1 aliphatic carbocycles. The third kappa shape index (κ3) is 2.41. The fourth-order valence-electron chi connectivity index (χ4n) is 2.95. The zero-order valence-corrected chi connectivity index (χ0v) is 13.2. The van der Waals surface area contributed by atoms with Crippen molar-refractivity contribution < 1.29 is 4.74 Å². The molecular formula is C16H15ClN4O2. The first-order valence-corrected chi connectivity index (χ1v) is 7.02. The molecule has 2 heterocycles. The maximum Gasteiger partial charge on any atom is 0.261 e. The number of methoxy groups -OCH3 is 1. The number of rotatable bonds is 1. The van der Waals surface area contributed by atoms with Gasteiger partial charge in [-0.15, -0.1) is 12.4 Å². The average molecular weight is 331 g/mol. The molecule has 0 fully saturated rings. The average Bonchev–Trinajstić information content (AvgIpc) is 2.52. The maximum absolute atomic E-state index is 12.0. The van der Waals surface area contributed by atoms with Gasteiger partial charge in [0.1, 0.15) is 5.75 Å². The van der Waals surface area contributed by atoms with Crippen LogP contribution in [0.5, 0.6) is 5.75 Å². The highest BCUT2D eigenvalue weighted by atomic mass is 35.5. The molecule has 118 valence electrons. The fraction of sp³-hybridized carbons (Fsp3) is 0.188. The first kappa shape index (κ1) is 15.3. The number of nitrogens with one attached hydrogen (secondary N) is 1. The van der Waals surface area contributed by atoms with Crippen LogP contribution in [0.4, 0.5) is 5.95 Å². The van der Waals surface area contributed by atoms with E-state index >= 15 is 0 Å². The second-order valence-corrected chi connectivity index (χ2v) is 5.34. The molecule has 0 radical (unpaired) electrons. The van der Waals surface area contributed by atoms with Gasteiger partial charge in [-0.25, -0.2) is 4.98 Å². The van der Waals surface area contributed by atoms with Crippen LogP contribution < -0.4 is 16.0 Å². The predicted molar refractivity (Wildman–Crippen MR) is 91.2 cm³/mol. The van der Waals surface area contributed by atoms with Crippen LogP contribution in [0.15, 0.2) is 29.1 Å². The summed E-state index contributed by atoms with van der Waals surface area (Å²) in [7, 11) is 1.66. The summed E-state index contributed by atoms with van der Waals surface area (Å²) < 4.78 is 5.28. The summed E-state index contributed by atoms with van der Waals surface area (Å²) >= 11 is 0. The molecule has 0 saturated carbocycles. The van der Waals surface area contributed by atoms with Crippen molar-refractivity contribution >= 4 is 29.4 Å². The Bertz CT molecular complexity index is 968. The molecule has 2 aromatic heterocycles. The number of nitrogens with zero attached hydrogens (tertiary/aromatic N) is 2. The molecule has 3 N–H and O–H groups in total. The van der Waals surface area contributed by atoms with E-state index < -0.39 is 0 Å². The van der Waals surface area contributed by atoms with E-state index in [0.29, 0.717) is 11.0 Å². The van der Waals surface area contributed by atoms with Gasteiger partial charge < -0.3 is 10.5 Å². The molecule has 0 bridgehead atoms. The number of hydrogen-bond acceptors (Lipinski definition) is 5. The van der Waals surface area contributed by atoms with Crippen molar-refractivity contribution in [3.63, 3.8) is 0 Å². The molecule has 3 aromatic rings. The number of fused-ring (bicyclic) bond motifs is 4. The largest absolute Gasteiger partial charge is 0.497 e. The van der Waals surface area contributed by atoms with Crippen LogP contribution in [0.2, 0.25) is 0 Å². The van der Waals surface area contributed by atoms with Crippen molar-refractivity contribution in [3.8, 4) is 17.0 Å². The highest BCUT2D eigenvalue weighted by Gasteiger charge is 2.20. The molecule has 1 aliphatic rings. The van der Waals surface area contributed by atoms with Gasteiger partial charge in [0, 0.05) is 5.56 Å². The van der Waals surface area contributed by atoms with Crippen LogP contribution in [0, 0.1) is 0 Å². The third-order valence-corrected chi connectivity index (χ3v) is 4.03. The monoisotopic (exact) mass is 330 g/mol. The molecule has 0 unspecified atom stereocenters. The molecule has 4 rings (SSSR count). The Morgan fingerprint density at radius 3 is 2.74 bits per heavy atom. The van der Waals surface area contributed by atoms with Gasteiger partial charge in [0.2, 0.25) is 5.95 Å². The summed E-state index contributed by atoms with van der Waals surface area (Å²) in [6, 6.07) is 7.82. The second kappa shape index (κ2) is 5.55. The summed E-state index contributed by atoms with van der Waals surface area (Å²) in [5.41, 5.74) is 9.91. The van der Waals surface area contributed by atoms with E-state index in [1.807, 2.05) is 24.3 Å². The lowest BCUT2D eigenvalue weighted by Crippen LogP contribution is -2.14. The quantitative estimate of drug-likeness (QED) is 0.712. The van der Waals surface area contributed by atoms with E-state index in [-0.39, 0.29) is 23.9 Å². The van der Waals surface area contributed by atoms with Crippen LogP contribution in [-0.4, -0.2) is 22.1 Å². The third-order valence-electron chi connectivity index (χ3n) is 4.03. The number of halogens is 1. The zero-order valence-electron chi connectivity index (χ0n) is 12.4. The predicted octanol–water partition coefficient (Wildman–Crippen LogP) is 2.10. The summed E-state index contributed by atoms with van der Waals surface area (Å²) in [5.74, 6) is 0.914. The van der Waals surface area contributed by atoms with Gasteiger partial charge in [-0.1, -0.05) is 0 Å². The van der Waals surface area contributed by atoms with Crippen LogP contribution in [-0.2, 0) is 12.8 Å². The van der Waals surface area contributed by atoms with Crippen molar-refractivity contribution in [2.45, 2.75) is 12.8 Å². The topological polar surface area (TPSA) is 93.9 Å². The number of ether oxygens (including phenoxy) is 1. The molecular weight excluding hydrogens is 316 g/mol. The molecule has 0 amide bonds. The highest BCUT2D eigenvalue weighted by molar-refractivity contribution is 5.85. The Balaban J connectivity index is 0.00000156. The van der Waals surface area contributed by atoms with Crippen LogP contribution in [0.25, 0.3) is 22.3 Å². The van der Waals surface area contributed by atoms with E-state index in [1.165, 1.54) is 5.56 Å². The van der Waals surface area contributed by atoms with E-state index in [0.717, 1.165) is 35.4 Å². The Labute approximate surface area is 138 Å². The van der Waals surface area contributed by atoms with Crippen molar-refractivity contribution in [2.75, 3.05) is 12.8 Å². The maximum atomic E-state index is 12.0. The van der Waals surface area contributed by atoms with E-state index in [9.17, 15) is 4.79 Å². The van der Waals surface area contributed by atoms with Gasteiger partial charge in [0.25, 0.3) is 5.56 Å². The second-order valence-electron chi connectivity index (χ2n) is 5.34. The minimum Gasteiger partial charge on any atom is -0.497 e. The molecule has 23 heavy (non-hydrogen) atoms.